The normalized spacial score (nSPS) is 26.2. The molecule has 16 heavy (non-hydrogen) atoms. The lowest BCUT2D eigenvalue weighted by Crippen LogP contribution is -2.45. The maximum atomic E-state index is 12.0. The van der Waals surface area contributed by atoms with Crippen molar-refractivity contribution in [3.8, 4) is 0 Å². The van der Waals surface area contributed by atoms with E-state index >= 15 is 0 Å². The summed E-state index contributed by atoms with van der Waals surface area (Å²) in [4.78, 5) is 0. The average molecular weight is 245 g/mol. The number of unbranched alkanes of at least 4 members (excludes halogenated alkanes) is 1. The van der Waals surface area contributed by atoms with Crippen molar-refractivity contribution in [3.63, 3.8) is 0 Å². The summed E-state index contributed by atoms with van der Waals surface area (Å²) in [6.07, 6.45) is 7.49. The molecule has 0 saturated carbocycles. The zero-order valence-electron chi connectivity index (χ0n) is 10.1. The maximum Gasteiger partial charge on any atom is 0.154 e. The van der Waals surface area contributed by atoms with Crippen molar-refractivity contribution in [1.82, 2.24) is 5.32 Å². The minimum Gasteiger partial charge on any atom is -0.316 e. The van der Waals surface area contributed by atoms with Crippen LogP contribution in [0.5, 0.6) is 0 Å². The van der Waals surface area contributed by atoms with Crippen LogP contribution in [0.4, 0.5) is 0 Å². The lowest BCUT2D eigenvalue weighted by atomic mass is 10.0. The van der Waals surface area contributed by atoms with Crippen molar-refractivity contribution in [1.29, 1.82) is 0 Å². The van der Waals surface area contributed by atoms with Gasteiger partial charge in [-0.2, -0.15) is 0 Å². The Hall–Kier alpha value is -0.350. The van der Waals surface area contributed by atoms with E-state index in [1.54, 1.807) is 0 Å². The molecule has 1 heterocycles. The lowest BCUT2D eigenvalue weighted by Gasteiger charge is -2.29. The molecule has 2 unspecified atom stereocenters. The Bertz CT molecular complexity index is 311. The first-order chi connectivity index (χ1) is 7.61. The Kier molecular flexibility index (Phi) is 5.49. The summed E-state index contributed by atoms with van der Waals surface area (Å²) in [7, 11) is -0.997. The predicted molar refractivity (Wildman–Crippen MR) is 68.3 cm³/mol. The van der Waals surface area contributed by atoms with Crippen molar-refractivity contribution >= 4 is 9.84 Å². The second-order valence-corrected chi connectivity index (χ2v) is 6.86. The van der Waals surface area contributed by atoms with Gasteiger partial charge >= 0.3 is 0 Å². The molecule has 94 valence electrons. The molecule has 0 aromatic carbocycles. The van der Waals surface area contributed by atoms with Crippen LogP contribution in [0.2, 0.25) is 0 Å². The van der Waals surface area contributed by atoms with Gasteiger partial charge in [-0.25, -0.2) is 8.42 Å². The molecule has 0 amide bonds. The molecule has 1 rings (SSSR count). The van der Waals surface area contributed by atoms with Crippen molar-refractivity contribution in [2.45, 2.75) is 49.8 Å². The van der Waals surface area contributed by atoms with Crippen LogP contribution in [0.3, 0.4) is 0 Å². The topological polar surface area (TPSA) is 46.2 Å². The van der Waals surface area contributed by atoms with E-state index in [1.165, 1.54) is 0 Å². The van der Waals surface area contributed by atoms with Gasteiger partial charge < -0.3 is 5.32 Å². The third kappa shape index (κ3) is 3.59. The van der Waals surface area contributed by atoms with Gasteiger partial charge in [0.2, 0.25) is 0 Å². The molecule has 1 aliphatic rings. The van der Waals surface area contributed by atoms with Crippen molar-refractivity contribution in [3.05, 3.63) is 12.7 Å². The molecule has 1 saturated heterocycles. The fourth-order valence-electron chi connectivity index (χ4n) is 2.43. The van der Waals surface area contributed by atoms with Crippen molar-refractivity contribution in [2.24, 2.45) is 0 Å². The first-order valence-electron chi connectivity index (χ1n) is 6.11. The second-order valence-electron chi connectivity index (χ2n) is 4.52. The standard InChI is InChI=1S/C12H23NO2S/c1-3-4-5-8-11(13-2)12-9-6-7-10-16(12,14)15/h3,11-13H,1,4-10H2,2H3. The number of allylic oxidation sites excluding steroid dienone is 1. The fourth-order valence-corrected chi connectivity index (χ4v) is 4.64. The number of rotatable bonds is 6. The predicted octanol–water partition coefficient (Wildman–Crippen LogP) is 1.90. The lowest BCUT2D eigenvalue weighted by molar-refractivity contribution is 0.432. The summed E-state index contributed by atoms with van der Waals surface area (Å²) in [5, 5.41) is 3.00. The molecule has 4 heteroatoms. The van der Waals surface area contributed by atoms with E-state index in [0.29, 0.717) is 5.75 Å². The highest BCUT2D eigenvalue weighted by Gasteiger charge is 2.34. The van der Waals surface area contributed by atoms with E-state index in [2.05, 4.69) is 11.9 Å². The molecule has 0 bridgehead atoms. The van der Waals surface area contributed by atoms with Crippen LogP contribution in [0.1, 0.15) is 38.5 Å². The molecule has 0 aromatic heterocycles. The highest BCUT2D eigenvalue weighted by Crippen LogP contribution is 2.24. The summed E-state index contributed by atoms with van der Waals surface area (Å²) < 4.78 is 23.9. The van der Waals surface area contributed by atoms with Gasteiger partial charge in [-0.1, -0.05) is 12.5 Å². The molecule has 0 radical (unpaired) electrons. The zero-order valence-corrected chi connectivity index (χ0v) is 10.9. The monoisotopic (exact) mass is 245 g/mol. The fraction of sp³-hybridized carbons (Fsp3) is 0.833. The van der Waals surface area contributed by atoms with Gasteiger partial charge in [0.05, 0.1) is 11.0 Å². The van der Waals surface area contributed by atoms with Gasteiger partial charge in [-0.3, -0.25) is 0 Å². The highest BCUT2D eigenvalue weighted by molar-refractivity contribution is 7.92. The molecule has 1 N–H and O–H groups in total. The van der Waals surface area contributed by atoms with Crippen LogP contribution in [0.25, 0.3) is 0 Å². The SMILES string of the molecule is C=CCCCC(NC)C1CCCCS1(=O)=O. The first-order valence-corrected chi connectivity index (χ1v) is 7.83. The summed E-state index contributed by atoms with van der Waals surface area (Å²) in [5.74, 6) is 0.372. The zero-order chi connectivity index (χ0) is 12.0. The van der Waals surface area contributed by atoms with Crippen LogP contribution in [0, 0.1) is 0 Å². The van der Waals surface area contributed by atoms with Crippen molar-refractivity contribution < 1.29 is 8.42 Å². The smallest absolute Gasteiger partial charge is 0.154 e. The minimum absolute atomic E-state index is 0.116. The van der Waals surface area contributed by atoms with E-state index in [9.17, 15) is 8.42 Å². The Morgan fingerprint density at radius 1 is 1.50 bits per heavy atom. The van der Waals surface area contributed by atoms with Crippen LogP contribution in [-0.4, -0.2) is 32.5 Å². The molecular formula is C12H23NO2S. The van der Waals surface area contributed by atoms with Gasteiger partial charge in [0.15, 0.2) is 9.84 Å². The largest absolute Gasteiger partial charge is 0.316 e. The van der Waals surface area contributed by atoms with Crippen LogP contribution in [0.15, 0.2) is 12.7 Å². The summed E-state index contributed by atoms with van der Waals surface area (Å²) in [6.45, 7) is 3.69. The van der Waals surface area contributed by atoms with E-state index in [0.717, 1.165) is 38.5 Å². The Morgan fingerprint density at radius 3 is 2.81 bits per heavy atom. The van der Waals surface area contributed by atoms with Crippen LogP contribution in [-0.2, 0) is 9.84 Å². The second kappa shape index (κ2) is 6.40. The molecule has 3 nitrogen and oxygen atoms in total. The Labute approximate surface area is 99.2 Å². The molecule has 0 aromatic rings. The van der Waals surface area contributed by atoms with Gasteiger partial charge in [-0.05, 0) is 39.2 Å². The third-order valence-corrected chi connectivity index (χ3v) is 5.72. The van der Waals surface area contributed by atoms with Gasteiger partial charge in [-0.15, -0.1) is 6.58 Å². The van der Waals surface area contributed by atoms with E-state index in [1.807, 2.05) is 13.1 Å². The molecule has 1 aliphatic heterocycles. The number of hydrogen-bond acceptors (Lipinski definition) is 3. The number of hydrogen-bond donors (Lipinski definition) is 1. The first kappa shape index (κ1) is 13.7. The van der Waals surface area contributed by atoms with Crippen LogP contribution >= 0.6 is 0 Å². The van der Waals surface area contributed by atoms with Gasteiger partial charge in [0.1, 0.15) is 0 Å². The Morgan fingerprint density at radius 2 is 2.25 bits per heavy atom. The highest BCUT2D eigenvalue weighted by atomic mass is 32.2. The van der Waals surface area contributed by atoms with E-state index < -0.39 is 9.84 Å². The molecular weight excluding hydrogens is 222 g/mol. The maximum absolute atomic E-state index is 12.0. The third-order valence-electron chi connectivity index (χ3n) is 3.37. The summed E-state index contributed by atoms with van der Waals surface area (Å²) >= 11 is 0. The van der Waals surface area contributed by atoms with Crippen molar-refractivity contribution in [2.75, 3.05) is 12.8 Å². The van der Waals surface area contributed by atoms with Crippen LogP contribution < -0.4 is 5.32 Å². The quantitative estimate of drug-likeness (QED) is 0.574. The molecule has 1 fully saturated rings. The van der Waals surface area contributed by atoms with E-state index in [-0.39, 0.29) is 11.3 Å². The number of nitrogens with one attached hydrogen (secondary N) is 1. The summed E-state index contributed by atoms with van der Waals surface area (Å²) in [5.41, 5.74) is 0. The molecule has 2 atom stereocenters. The molecule has 0 spiro atoms. The Balaban J connectivity index is 2.59. The van der Waals surface area contributed by atoms with Gasteiger partial charge in [0.25, 0.3) is 0 Å². The van der Waals surface area contributed by atoms with Gasteiger partial charge in [0, 0.05) is 6.04 Å². The average Bonchev–Trinajstić information content (AvgIpc) is 2.25. The number of sulfone groups is 1. The molecule has 0 aliphatic carbocycles. The summed E-state index contributed by atoms with van der Waals surface area (Å²) in [6, 6.07) is 0.116. The minimum atomic E-state index is -2.86. The van der Waals surface area contributed by atoms with E-state index in [4.69, 9.17) is 0 Å².